The van der Waals surface area contributed by atoms with E-state index in [1.54, 1.807) is 21.5 Å². The summed E-state index contributed by atoms with van der Waals surface area (Å²) in [7, 11) is 1.82. The van der Waals surface area contributed by atoms with Crippen LogP contribution in [-0.2, 0) is 11.8 Å². The molecule has 1 atom stereocenters. The highest BCUT2D eigenvalue weighted by molar-refractivity contribution is 5.94. The van der Waals surface area contributed by atoms with Gasteiger partial charge in [-0.3, -0.25) is 9.48 Å². The number of esters is 1. The first-order valence-electron chi connectivity index (χ1n) is 7.98. The number of cyclic esters (lactones) is 1. The molecule has 0 spiro atoms. The van der Waals surface area contributed by atoms with Gasteiger partial charge in [0.2, 0.25) is 6.23 Å². The molecule has 0 amide bonds. The van der Waals surface area contributed by atoms with Crippen molar-refractivity contribution in [3.63, 3.8) is 0 Å². The van der Waals surface area contributed by atoms with Crippen molar-refractivity contribution >= 4 is 11.7 Å². The van der Waals surface area contributed by atoms with Crippen LogP contribution in [-0.4, -0.2) is 15.3 Å². The number of ether oxygens (including phenoxy) is 1. The number of aromatic nitrogens is 2. The van der Waals surface area contributed by atoms with Gasteiger partial charge < -0.3 is 10.1 Å². The molecular formula is C19H17N3O3. The molecule has 1 N–H and O–H groups in total. The van der Waals surface area contributed by atoms with Gasteiger partial charge in [-0.15, -0.1) is 0 Å². The van der Waals surface area contributed by atoms with E-state index < -0.39 is 6.23 Å². The smallest absolute Gasteiger partial charge is 0.340 e. The monoisotopic (exact) mass is 335 g/mol. The van der Waals surface area contributed by atoms with Crippen LogP contribution in [0.15, 0.2) is 59.4 Å². The van der Waals surface area contributed by atoms with E-state index in [4.69, 9.17) is 4.74 Å². The molecule has 6 nitrogen and oxygen atoms in total. The van der Waals surface area contributed by atoms with Gasteiger partial charge >= 0.3 is 5.97 Å². The van der Waals surface area contributed by atoms with Gasteiger partial charge in [-0.2, -0.15) is 0 Å². The molecule has 2 aromatic carbocycles. The number of carbonyl (C=O) groups excluding carboxylic acids is 1. The number of hydrogen-bond acceptors (Lipinski definition) is 4. The number of nitrogens with one attached hydrogen (secondary N) is 1. The molecule has 1 aromatic heterocycles. The maximum Gasteiger partial charge on any atom is 0.340 e. The summed E-state index contributed by atoms with van der Waals surface area (Å²) in [4.78, 5) is 24.9. The number of nitrogens with zero attached hydrogens (tertiary/aromatic N) is 2. The molecule has 0 fully saturated rings. The lowest BCUT2D eigenvalue weighted by molar-refractivity contribution is 0.0437. The number of rotatable bonds is 3. The number of hydrogen-bond donors (Lipinski definition) is 1. The third kappa shape index (κ3) is 2.34. The summed E-state index contributed by atoms with van der Waals surface area (Å²) in [5, 5.41) is 3.10. The molecule has 0 bridgehead atoms. The molecule has 2 heterocycles. The normalized spacial score (nSPS) is 15.8. The SMILES string of the molecule is Cc1c(N[C@@H]2OC(=O)c3ccccc32)c(=O)n(-c2ccccc2)n1C. The van der Waals surface area contributed by atoms with Gasteiger partial charge in [-0.25, -0.2) is 9.48 Å². The Kier molecular flexibility index (Phi) is 3.46. The molecule has 6 heteroatoms. The van der Waals surface area contributed by atoms with Gasteiger partial charge in [0.15, 0.2) is 0 Å². The van der Waals surface area contributed by atoms with Crippen LogP contribution < -0.4 is 10.9 Å². The Morgan fingerprint density at radius 1 is 1.00 bits per heavy atom. The number of fused-ring (bicyclic) bond motifs is 1. The first-order valence-corrected chi connectivity index (χ1v) is 7.98. The van der Waals surface area contributed by atoms with Crippen LogP contribution in [0.25, 0.3) is 5.69 Å². The number of benzene rings is 2. The van der Waals surface area contributed by atoms with E-state index >= 15 is 0 Å². The molecule has 0 aliphatic carbocycles. The topological polar surface area (TPSA) is 65.3 Å². The predicted octanol–water partition coefficient (Wildman–Crippen LogP) is 2.77. The largest absolute Gasteiger partial charge is 0.434 e. The van der Waals surface area contributed by atoms with Crippen molar-refractivity contribution in [1.82, 2.24) is 9.36 Å². The van der Waals surface area contributed by atoms with Crippen LogP contribution in [0.5, 0.6) is 0 Å². The lowest BCUT2D eigenvalue weighted by atomic mass is 10.1. The van der Waals surface area contributed by atoms with Gasteiger partial charge in [0.05, 0.1) is 16.9 Å². The second kappa shape index (κ2) is 5.66. The van der Waals surface area contributed by atoms with E-state index in [0.717, 1.165) is 16.9 Å². The van der Waals surface area contributed by atoms with E-state index in [1.165, 1.54) is 0 Å². The van der Waals surface area contributed by atoms with Gasteiger partial charge in [0.1, 0.15) is 5.69 Å². The van der Waals surface area contributed by atoms with Crippen LogP contribution in [0.3, 0.4) is 0 Å². The van der Waals surface area contributed by atoms with Crippen molar-refractivity contribution in [2.75, 3.05) is 5.32 Å². The lowest BCUT2D eigenvalue weighted by Gasteiger charge is -2.13. The van der Waals surface area contributed by atoms with Crippen LogP contribution >= 0.6 is 0 Å². The summed E-state index contributed by atoms with van der Waals surface area (Å²) in [6, 6.07) is 16.6. The van der Waals surface area contributed by atoms with Crippen LogP contribution in [0.2, 0.25) is 0 Å². The van der Waals surface area contributed by atoms with Gasteiger partial charge in [0.25, 0.3) is 5.56 Å². The molecule has 1 aliphatic rings. The van der Waals surface area contributed by atoms with Crippen LogP contribution in [0.4, 0.5) is 5.69 Å². The molecule has 126 valence electrons. The highest BCUT2D eigenvalue weighted by Gasteiger charge is 2.32. The van der Waals surface area contributed by atoms with E-state index in [9.17, 15) is 9.59 Å². The second-order valence-corrected chi connectivity index (χ2v) is 5.95. The number of para-hydroxylation sites is 1. The van der Waals surface area contributed by atoms with Gasteiger partial charge in [-0.1, -0.05) is 36.4 Å². The Morgan fingerprint density at radius 2 is 1.68 bits per heavy atom. The minimum absolute atomic E-state index is 0.188. The third-order valence-electron chi connectivity index (χ3n) is 4.52. The average molecular weight is 335 g/mol. The van der Waals surface area contributed by atoms with Crippen molar-refractivity contribution in [3.05, 3.63) is 81.8 Å². The van der Waals surface area contributed by atoms with Gasteiger partial charge in [0, 0.05) is 12.6 Å². The zero-order chi connectivity index (χ0) is 17.6. The van der Waals surface area contributed by atoms with Crippen molar-refractivity contribution in [2.45, 2.75) is 13.2 Å². The Hall–Kier alpha value is -3.28. The van der Waals surface area contributed by atoms with Crippen molar-refractivity contribution < 1.29 is 9.53 Å². The lowest BCUT2D eigenvalue weighted by Crippen LogP contribution is -2.22. The standard InChI is InChI=1S/C19H17N3O3/c1-12-16(18(23)22(21(12)2)13-8-4-3-5-9-13)20-17-14-10-6-7-11-15(14)19(24)25-17/h3-11,17,20H,1-2H3/t17-/m1/s1. The molecule has 25 heavy (non-hydrogen) atoms. The number of carbonyl (C=O) groups is 1. The molecule has 0 radical (unpaired) electrons. The maximum atomic E-state index is 12.9. The Labute approximate surface area is 144 Å². The van der Waals surface area contributed by atoms with Crippen molar-refractivity contribution in [1.29, 1.82) is 0 Å². The van der Waals surface area contributed by atoms with Crippen LogP contribution in [0.1, 0.15) is 27.8 Å². The van der Waals surface area contributed by atoms with Crippen molar-refractivity contribution in [3.8, 4) is 5.69 Å². The molecule has 1 aliphatic heterocycles. The predicted molar refractivity (Wildman–Crippen MR) is 94.0 cm³/mol. The molecule has 0 saturated heterocycles. The fraction of sp³-hybridized carbons (Fsp3) is 0.158. The summed E-state index contributed by atoms with van der Waals surface area (Å²) < 4.78 is 8.76. The van der Waals surface area contributed by atoms with E-state index in [0.29, 0.717) is 11.3 Å². The summed E-state index contributed by atoms with van der Waals surface area (Å²) in [6.07, 6.45) is -0.665. The Morgan fingerprint density at radius 3 is 2.44 bits per heavy atom. The highest BCUT2D eigenvalue weighted by atomic mass is 16.6. The quantitative estimate of drug-likeness (QED) is 0.748. The minimum Gasteiger partial charge on any atom is -0.434 e. The Balaban J connectivity index is 1.76. The molecule has 0 unspecified atom stereocenters. The maximum absolute atomic E-state index is 12.9. The van der Waals surface area contributed by atoms with Gasteiger partial charge in [-0.05, 0) is 25.1 Å². The Bertz CT molecular complexity index is 1020. The summed E-state index contributed by atoms with van der Waals surface area (Å²) in [5.74, 6) is -0.384. The first kappa shape index (κ1) is 15.3. The fourth-order valence-corrected chi connectivity index (χ4v) is 3.12. The summed E-state index contributed by atoms with van der Waals surface area (Å²) in [6.45, 7) is 1.85. The van der Waals surface area contributed by atoms with E-state index in [2.05, 4.69) is 5.32 Å². The zero-order valence-corrected chi connectivity index (χ0v) is 13.9. The molecule has 3 aromatic rings. The zero-order valence-electron chi connectivity index (χ0n) is 13.9. The number of anilines is 1. The summed E-state index contributed by atoms with van der Waals surface area (Å²) in [5.41, 5.74) is 3.02. The molecule has 4 rings (SSSR count). The minimum atomic E-state index is -0.665. The molecule has 0 saturated carbocycles. The van der Waals surface area contributed by atoms with E-state index in [-0.39, 0.29) is 11.5 Å². The second-order valence-electron chi connectivity index (χ2n) is 5.95. The fourth-order valence-electron chi connectivity index (χ4n) is 3.12. The third-order valence-corrected chi connectivity index (χ3v) is 4.52. The first-order chi connectivity index (χ1) is 12.1. The summed E-state index contributed by atoms with van der Waals surface area (Å²) >= 11 is 0. The highest BCUT2D eigenvalue weighted by Crippen LogP contribution is 2.31. The van der Waals surface area contributed by atoms with Crippen molar-refractivity contribution in [2.24, 2.45) is 7.05 Å². The van der Waals surface area contributed by atoms with E-state index in [1.807, 2.05) is 56.4 Å². The average Bonchev–Trinajstić information content (AvgIpc) is 3.06. The van der Waals surface area contributed by atoms with Crippen LogP contribution in [0, 0.1) is 6.92 Å². The molecular weight excluding hydrogens is 318 g/mol.